The van der Waals surface area contributed by atoms with Gasteiger partial charge in [0.25, 0.3) is 0 Å². The van der Waals surface area contributed by atoms with E-state index in [1.807, 2.05) is 42.5 Å². The molecule has 0 saturated carbocycles. The lowest BCUT2D eigenvalue weighted by Crippen LogP contribution is -2.44. The Morgan fingerprint density at radius 3 is 2.54 bits per heavy atom. The number of hydrogen-bond acceptors (Lipinski definition) is 5. The number of rotatable bonds is 7. The third-order valence-corrected chi connectivity index (χ3v) is 7.17. The molecule has 3 aromatic carbocycles. The van der Waals surface area contributed by atoms with Crippen LogP contribution in [0.1, 0.15) is 52.6 Å². The molecule has 1 fully saturated rings. The highest BCUT2D eigenvalue weighted by atomic mass is 16.5. The molecule has 2 unspecified atom stereocenters. The third kappa shape index (κ3) is 5.97. The van der Waals surface area contributed by atoms with Crippen molar-refractivity contribution in [1.82, 2.24) is 20.4 Å². The van der Waals surface area contributed by atoms with Crippen molar-refractivity contribution < 1.29 is 9.32 Å². The van der Waals surface area contributed by atoms with Crippen LogP contribution < -0.4 is 5.32 Å². The van der Waals surface area contributed by atoms with E-state index in [0.717, 1.165) is 36.1 Å². The molecule has 1 aliphatic rings. The zero-order chi connectivity index (χ0) is 25.8. The highest BCUT2D eigenvalue weighted by molar-refractivity contribution is 5.80. The number of piperidine rings is 1. The lowest BCUT2D eigenvalue weighted by atomic mass is 9.92. The summed E-state index contributed by atoms with van der Waals surface area (Å²) in [6, 6.07) is 24.5. The SMILES string of the molecule is Cc1ccc(-c2noc(CN3CCCC(C(=O)NC(c4ccccc4)c4ccc(C)cc4C)C3)n2)cc1. The Morgan fingerprint density at radius 1 is 1.03 bits per heavy atom. The second-order valence-corrected chi connectivity index (χ2v) is 10.2. The quantitative estimate of drug-likeness (QED) is 0.353. The van der Waals surface area contributed by atoms with Crippen molar-refractivity contribution in [2.45, 2.75) is 46.2 Å². The smallest absolute Gasteiger partial charge is 0.241 e. The van der Waals surface area contributed by atoms with Crippen molar-refractivity contribution in [2.24, 2.45) is 5.92 Å². The minimum atomic E-state index is -0.183. The Kier molecular flexibility index (Phi) is 7.47. The molecular weight excluding hydrogens is 460 g/mol. The number of carbonyl (C=O) groups is 1. The lowest BCUT2D eigenvalue weighted by Gasteiger charge is -2.32. The van der Waals surface area contributed by atoms with E-state index in [1.165, 1.54) is 16.7 Å². The Bertz CT molecular complexity index is 1350. The molecule has 2 heterocycles. The van der Waals surface area contributed by atoms with Crippen LogP contribution in [0, 0.1) is 26.7 Å². The lowest BCUT2D eigenvalue weighted by molar-refractivity contribution is -0.127. The molecule has 6 nitrogen and oxygen atoms in total. The van der Waals surface area contributed by atoms with E-state index in [2.05, 4.69) is 71.5 Å². The molecule has 2 atom stereocenters. The maximum absolute atomic E-state index is 13.6. The summed E-state index contributed by atoms with van der Waals surface area (Å²) in [6.07, 6.45) is 1.83. The predicted octanol–water partition coefficient (Wildman–Crippen LogP) is 5.78. The van der Waals surface area contributed by atoms with Gasteiger partial charge in [0, 0.05) is 12.1 Å². The average molecular weight is 495 g/mol. The molecule has 1 N–H and O–H groups in total. The van der Waals surface area contributed by atoms with E-state index in [0.29, 0.717) is 24.8 Å². The molecule has 0 spiro atoms. The first-order valence-electron chi connectivity index (χ1n) is 13.0. The molecule has 1 aliphatic heterocycles. The molecule has 190 valence electrons. The molecule has 0 radical (unpaired) electrons. The number of hydrogen-bond donors (Lipinski definition) is 1. The number of nitrogens with one attached hydrogen (secondary N) is 1. The maximum atomic E-state index is 13.6. The van der Waals surface area contributed by atoms with Crippen LogP contribution in [0.2, 0.25) is 0 Å². The van der Waals surface area contributed by atoms with E-state index in [9.17, 15) is 4.79 Å². The first-order chi connectivity index (χ1) is 18.0. The van der Waals surface area contributed by atoms with Crippen molar-refractivity contribution >= 4 is 5.91 Å². The van der Waals surface area contributed by atoms with Gasteiger partial charge < -0.3 is 9.84 Å². The molecule has 0 bridgehead atoms. The fraction of sp³-hybridized carbons (Fsp3) is 0.323. The van der Waals surface area contributed by atoms with Gasteiger partial charge in [-0.2, -0.15) is 4.98 Å². The van der Waals surface area contributed by atoms with Gasteiger partial charge in [-0.3, -0.25) is 9.69 Å². The topological polar surface area (TPSA) is 71.3 Å². The zero-order valence-electron chi connectivity index (χ0n) is 21.8. The molecule has 37 heavy (non-hydrogen) atoms. The zero-order valence-corrected chi connectivity index (χ0v) is 21.8. The van der Waals surface area contributed by atoms with Crippen molar-refractivity contribution in [2.75, 3.05) is 13.1 Å². The number of aryl methyl sites for hydroxylation is 3. The summed E-state index contributed by atoms with van der Waals surface area (Å²) in [5.41, 5.74) is 6.75. The van der Waals surface area contributed by atoms with Gasteiger partial charge >= 0.3 is 0 Å². The first-order valence-corrected chi connectivity index (χ1v) is 13.0. The van der Waals surface area contributed by atoms with Crippen LogP contribution in [0.15, 0.2) is 77.3 Å². The monoisotopic (exact) mass is 494 g/mol. The van der Waals surface area contributed by atoms with Crippen molar-refractivity contribution in [1.29, 1.82) is 0 Å². The van der Waals surface area contributed by atoms with E-state index < -0.39 is 0 Å². The predicted molar refractivity (Wildman–Crippen MR) is 145 cm³/mol. The standard InChI is InChI=1S/C31H34N4O2/c1-21-11-14-25(15-12-21)30-32-28(37-34-30)20-35-17-7-10-26(19-35)31(36)33-29(24-8-5-4-6-9-24)27-16-13-22(2)18-23(27)3/h4-6,8-9,11-16,18,26,29H,7,10,17,19-20H2,1-3H3,(H,33,36). The van der Waals surface area contributed by atoms with Gasteiger partial charge in [-0.1, -0.05) is 89.1 Å². The van der Waals surface area contributed by atoms with Crippen LogP contribution in [-0.4, -0.2) is 34.0 Å². The van der Waals surface area contributed by atoms with Gasteiger partial charge in [0.15, 0.2) is 0 Å². The molecule has 5 rings (SSSR count). The van der Waals surface area contributed by atoms with Gasteiger partial charge in [-0.15, -0.1) is 0 Å². The largest absolute Gasteiger partial charge is 0.345 e. The molecular formula is C31H34N4O2. The van der Waals surface area contributed by atoms with Gasteiger partial charge in [0.2, 0.25) is 17.6 Å². The molecule has 6 heteroatoms. The Labute approximate surface area is 218 Å². The highest BCUT2D eigenvalue weighted by Gasteiger charge is 2.29. The summed E-state index contributed by atoms with van der Waals surface area (Å²) in [7, 11) is 0. The Morgan fingerprint density at radius 2 is 1.78 bits per heavy atom. The van der Waals surface area contributed by atoms with Crippen LogP contribution in [0.3, 0.4) is 0 Å². The normalized spacial score (nSPS) is 16.9. The van der Waals surface area contributed by atoms with Crippen LogP contribution in [0.4, 0.5) is 0 Å². The third-order valence-electron chi connectivity index (χ3n) is 7.17. The fourth-order valence-electron chi connectivity index (χ4n) is 5.14. The molecule has 1 amide bonds. The number of amides is 1. The number of likely N-dealkylation sites (tertiary alicyclic amines) is 1. The van der Waals surface area contributed by atoms with E-state index in [4.69, 9.17) is 4.52 Å². The molecule has 0 aliphatic carbocycles. The summed E-state index contributed by atoms with van der Waals surface area (Å²) in [5.74, 6) is 1.17. The van der Waals surface area contributed by atoms with Crippen molar-refractivity contribution in [3.05, 3.63) is 107 Å². The van der Waals surface area contributed by atoms with Gasteiger partial charge in [-0.25, -0.2) is 0 Å². The molecule has 1 saturated heterocycles. The number of aromatic nitrogens is 2. The molecule has 1 aromatic heterocycles. The van der Waals surface area contributed by atoms with Crippen LogP contribution in [0.5, 0.6) is 0 Å². The van der Waals surface area contributed by atoms with Gasteiger partial charge in [0.05, 0.1) is 18.5 Å². The summed E-state index contributed by atoms with van der Waals surface area (Å²) in [5, 5.41) is 7.54. The Balaban J connectivity index is 1.27. The summed E-state index contributed by atoms with van der Waals surface area (Å²) < 4.78 is 5.55. The maximum Gasteiger partial charge on any atom is 0.241 e. The number of carbonyl (C=O) groups excluding carboxylic acids is 1. The highest BCUT2D eigenvalue weighted by Crippen LogP contribution is 2.28. The number of nitrogens with zero attached hydrogens (tertiary/aromatic N) is 3. The van der Waals surface area contributed by atoms with E-state index in [-0.39, 0.29) is 17.9 Å². The fourth-order valence-corrected chi connectivity index (χ4v) is 5.14. The summed E-state index contributed by atoms with van der Waals surface area (Å²) >= 11 is 0. The second-order valence-electron chi connectivity index (χ2n) is 10.2. The van der Waals surface area contributed by atoms with Gasteiger partial charge in [-0.05, 0) is 56.8 Å². The average Bonchev–Trinajstić information content (AvgIpc) is 3.37. The van der Waals surface area contributed by atoms with Crippen LogP contribution in [0.25, 0.3) is 11.4 Å². The Hall–Kier alpha value is -3.77. The van der Waals surface area contributed by atoms with Crippen LogP contribution >= 0.6 is 0 Å². The van der Waals surface area contributed by atoms with E-state index in [1.54, 1.807) is 0 Å². The summed E-state index contributed by atoms with van der Waals surface area (Å²) in [6.45, 7) is 8.38. The minimum absolute atomic E-state index is 0.0874. The summed E-state index contributed by atoms with van der Waals surface area (Å²) in [4.78, 5) is 20.4. The van der Waals surface area contributed by atoms with Crippen molar-refractivity contribution in [3.8, 4) is 11.4 Å². The van der Waals surface area contributed by atoms with E-state index >= 15 is 0 Å². The molecule has 4 aromatic rings. The van der Waals surface area contributed by atoms with Crippen LogP contribution in [-0.2, 0) is 11.3 Å². The van der Waals surface area contributed by atoms with Gasteiger partial charge in [0.1, 0.15) is 0 Å². The van der Waals surface area contributed by atoms with Crippen molar-refractivity contribution in [3.63, 3.8) is 0 Å². The number of benzene rings is 3. The first kappa shape index (κ1) is 24.9. The second kappa shape index (κ2) is 11.1. The minimum Gasteiger partial charge on any atom is -0.345 e.